The molecular weight excluding hydrogens is 270 g/mol. The Morgan fingerprint density at radius 1 is 1.44 bits per heavy atom. The molecule has 1 aromatic carbocycles. The Labute approximate surface area is 103 Å². The van der Waals surface area contributed by atoms with Gasteiger partial charge in [-0.15, -0.1) is 0 Å². The molecule has 0 radical (unpaired) electrons. The number of ether oxygens (including phenoxy) is 1. The van der Waals surface area contributed by atoms with E-state index in [0.29, 0.717) is 24.3 Å². The van der Waals surface area contributed by atoms with Crippen LogP contribution in [0.2, 0.25) is 0 Å². The number of halogens is 1. The topological polar surface area (TPSA) is 50.1 Å². The molecule has 1 aromatic rings. The number of aldehydes is 1. The molecule has 0 heterocycles. The molecule has 0 fully saturated rings. The van der Waals surface area contributed by atoms with E-state index >= 15 is 0 Å². The molecule has 0 aliphatic rings. The minimum Gasteiger partial charge on any atom is -0.492 e. The van der Waals surface area contributed by atoms with Crippen LogP contribution in [-0.4, -0.2) is 12.9 Å². The van der Waals surface area contributed by atoms with Crippen LogP contribution in [0.25, 0.3) is 0 Å². The third kappa shape index (κ3) is 3.67. The number of carbonyl (C=O) groups excluding carboxylic acids is 1. The van der Waals surface area contributed by atoms with Gasteiger partial charge in [0.05, 0.1) is 22.7 Å². The quantitative estimate of drug-likeness (QED) is 0.594. The summed E-state index contributed by atoms with van der Waals surface area (Å²) < 4.78 is 6.29. The lowest BCUT2D eigenvalue weighted by Gasteiger charge is -2.09. The summed E-state index contributed by atoms with van der Waals surface area (Å²) in [6.45, 7) is 0.519. The lowest BCUT2D eigenvalue weighted by atomic mass is 10.2. The number of unbranched alkanes of at least 4 members (excludes halogenated alkanes) is 2. The molecule has 0 aliphatic heterocycles. The summed E-state index contributed by atoms with van der Waals surface area (Å²) in [4.78, 5) is 10.8. The molecule has 0 saturated carbocycles. The molecule has 0 spiro atoms. The number of para-hydroxylation sites is 1. The van der Waals surface area contributed by atoms with Crippen molar-refractivity contribution in [2.75, 3.05) is 6.61 Å². The predicted molar refractivity (Wildman–Crippen MR) is 64.5 cm³/mol. The Morgan fingerprint density at radius 3 is 2.94 bits per heavy atom. The van der Waals surface area contributed by atoms with Crippen molar-refractivity contribution in [3.63, 3.8) is 0 Å². The number of nitrogens with zero attached hydrogens (tertiary/aromatic N) is 1. The average molecular weight is 282 g/mol. The van der Waals surface area contributed by atoms with Crippen LogP contribution < -0.4 is 4.74 Å². The highest BCUT2D eigenvalue weighted by molar-refractivity contribution is 9.10. The van der Waals surface area contributed by atoms with E-state index in [-0.39, 0.29) is 0 Å². The van der Waals surface area contributed by atoms with Gasteiger partial charge in [-0.1, -0.05) is 6.07 Å². The molecular formula is C12H12BrNO2. The molecule has 0 atom stereocenters. The van der Waals surface area contributed by atoms with Gasteiger partial charge in [0.2, 0.25) is 0 Å². The first-order valence-electron chi connectivity index (χ1n) is 5.03. The van der Waals surface area contributed by atoms with Gasteiger partial charge in [-0.05, 0) is 40.9 Å². The maximum absolute atomic E-state index is 10.8. The van der Waals surface area contributed by atoms with E-state index in [1.165, 1.54) is 0 Å². The van der Waals surface area contributed by atoms with Crippen LogP contribution in [0.15, 0.2) is 22.7 Å². The van der Waals surface area contributed by atoms with Gasteiger partial charge in [-0.25, -0.2) is 0 Å². The van der Waals surface area contributed by atoms with Crippen molar-refractivity contribution >= 4 is 22.2 Å². The minimum absolute atomic E-state index is 0.519. The average Bonchev–Trinajstić information content (AvgIpc) is 2.30. The van der Waals surface area contributed by atoms with Crippen LogP contribution in [0.1, 0.15) is 29.6 Å². The summed E-state index contributed by atoms with van der Waals surface area (Å²) >= 11 is 3.33. The first-order chi connectivity index (χ1) is 7.79. The first-order valence-corrected chi connectivity index (χ1v) is 5.82. The Bertz CT molecular complexity index is 398. The van der Waals surface area contributed by atoms with Crippen LogP contribution in [0.5, 0.6) is 5.75 Å². The van der Waals surface area contributed by atoms with Gasteiger partial charge in [0.1, 0.15) is 5.75 Å². The lowest BCUT2D eigenvalue weighted by molar-refractivity contribution is 0.111. The highest BCUT2D eigenvalue weighted by Gasteiger charge is 2.06. The maximum Gasteiger partial charge on any atom is 0.153 e. The highest BCUT2D eigenvalue weighted by atomic mass is 79.9. The summed E-state index contributed by atoms with van der Waals surface area (Å²) in [5, 5.41) is 8.36. The Hall–Kier alpha value is -1.34. The van der Waals surface area contributed by atoms with E-state index in [2.05, 4.69) is 22.0 Å². The van der Waals surface area contributed by atoms with Crippen molar-refractivity contribution in [2.24, 2.45) is 0 Å². The standard InChI is InChI=1S/C12H12BrNO2/c13-11-6-4-5-10(9-15)12(11)16-8-3-1-2-7-14/h4-6,9H,1-3,8H2. The third-order valence-electron chi connectivity index (χ3n) is 2.05. The molecule has 0 aromatic heterocycles. The Balaban J connectivity index is 2.53. The summed E-state index contributed by atoms with van der Waals surface area (Å²) in [5.74, 6) is 0.578. The van der Waals surface area contributed by atoms with Gasteiger partial charge in [-0.3, -0.25) is 4.79 Å². The van der Waals surface area contributed by atoms with Gasteiger partial charge < -0.3 is 4.74 Å². The monoisotopic (exact) mass is 281 g/mol. The number of benzene rings is 1. The second-order valence-corrected chi connectivity index (χ2v) is 4.09. The van der Waals surface area contributed by atoms with Gasteiger partial charge in [0.15, 0.2) is 6.29 Å². The van der Waals surface area contributed by atoms with Crippen molar-refractivity contribution in [3.8, 4) is 11.8 Å². The summed E-state index contributed by atoms with van der Waals surface area (Å²) in [7, 11) is 0. The Kier molecular flexibility index (Phi) is 5.58. The molecule has 0 amide bonds. The molecule has 0 unspecified atom stereocenters. The van der Waals surface area contributed by atoms with Crippen LogP contribution in [0.3, 0.4) is 0 Å². The fourth-order valence-corrected chi connectivity index (χ4v) is 1.75. The molecule has 16 heavy (non-hydrogen) atoms. The fourth-order valence-electron chi connectivity index (χ4n) is 1.25. The number of carbonyl (C=O) groups is 1. The minimum atomic E-state index is 0.519. The fraction of sp³-hybridized carbons (Fsp3) is 0.333. The van der Waals surface area contributed by atoms with E-state index in [9.17, 15) is 4.79 Å². The zero-order valence-corrected chi connectivity index (χ0v) is 10.4. The molecule has 1 rings (SSSR count). The third-order valence-corrected chi connectivity index (χ3v) is 2.68. The van der Waals surface area contributed by atoms with Gasteiger partial charge in [-0.2, -0.15) is 5.26 Å². The maximum atomic E-state index is 10.8. The highest BCUT2D eigenvalue weighted by Crippen LogP contribution is 2.28. The van der Waals surface area contributed by atoms with Gasteiger partial charge in [0.25, 0.3) is 0 Å². The molecule has 4 heteroatoms. The largest absolute Gasteiger partial charge is 0.492 e. The van der Waals surface area contributed by atoms with Gasteiger partial charge in [0, 0.05) is 6.42 Å². The summed E-state index contributed by atoms with van der Waals surface area (Å²) in [6.07, 6.45) is 2.94. The van der Waals surface area contributed by atoms with E-state index < -0.39 is 0 Å². The zero-order chi connectivity index (χ0) is 11.8. The van der Waals surface area contributed by atoms with Crippen LogP contribution in [0, 0.1) is 11.3 Å². The van der Waals surface area contributed by atoms with Crippen molar-refractivity contribution in [2.45, 2.75) is 19.3 Å². The second kappa shape index (κ2) is 7.02. The zero-order valence-electron chi connectivity index (χ0n) is 8.78. The SMILES string of the molecule is N#CCCCCOc1c(Br)cccc1C=O. The Morgan fingerprint density at radius 2 is 2.25 bits per heavy atom. The number of hydrogen-bond donors (Lipinski definition) is 0. The van der Waals surface area contributed by atoms with E-state index in [1.54, 1.807) is 12.1 Å². The first kappa shape index (κ1) is 12.7. The van der Waals surface area contributed by atoms with Crippen LogP contribution in [-0.2, 0) is 0 Å². The number of rotatable bonds is 6. The molecule has 0 aliphatic carbocycles. The van der Waals surface area contributed by atoms with Crippen molar-refractivity contribution < 1.29 is 9.53 Å². The van der Waals surface area contributed by atoms with E-state index in [1.807, 2.05) is 6.07 Å². The van der Waals surface area contributed by atoms with Crippen molar-refractivity contribution in [3.05, 3.63) is 28.2 Å². The van der Waals surface area contributed by atoms with Gasteiger partial charge >= 0.3 is 0 Å². The number of hydrogen-bond acceptors (Lipinski definition) is 3. The second-order valence-electron chi connectivity index (χ2n) is 3.24. The predicted octanol–water partition coefficient (Wildman–Crippen LogP) is 3.33. The van der Waals surface area contributed by atoms with Crippen molar-refractivity contribution in [1.82, 2.24) is 0 Å². The van der Waals surface area contributed by atoms with E-state index in [0.717, 1.165) is 23.6 Å². The molecule has 0 bridgehead atoms. The smallest absolute Gasteiger partial charge is 0.153 e. The van der Waals surface area contributed by atoms with E-state index in [4.69, 9.17) is 10.00 Å². The normalized spacial score (nSPS) is 9.50. The molecule has 3 nitrogen and oxygen atoms in total. The molecule has 84 valence electrons. The summed E-state index contributed by atoms with van der Waals surface area (Å²) in [6, 6.07) is 7.41. The summed E-state index contributed by atoms with van der Waals surface area (Å²) in [5.41, 5.74) is 0.537. The lowest BCUT2D eigenvalue weighted by Crippen LogP contribution is -2.00. The number of nitriles is 1. The molecule has 0 N–H and O–H groups in total. The molecule has 0 saturated heterocycles. The van der Waals surface area contributed by atoms with Crippen LogP contribution in [0.4, 0.5) is 0 Å². The van der Waals surface area contributed by atoms with Crippen LogP contribution >= 0.6 is 15.9 Å². The van der Waals surface area contributed by atoms with Crippen molar-refractivity contribution in [1.29, 1.82) is 5.26 Å².